The van der Waals surface area contributed by atoms with Crippen LogP contribution in [0.2, 0.25) is 13.1 Å². The monoisotopic (exact) mass is 211 g/mol. The van der Waals surface area contributed by atoms with Crippen molar-refractivity contribution < 1.29 is 0 Å². The molecule has 2 aromatic carbocycles. The average Bonchev–Trinajstić information content (AvgIpc) is 2.72. The molecule has 0 aromatic heterocycles. The van der Waals surface area contributed by atoms with Crippen molar-refractivity contribution in [1.82, 2.24) is 0 Å². The van der Waals surface area contributed by atoms with E-state index in [0.29, 0.717) is 0 Å². The third kappa shape index (κ3) is 1.04. The highest BCUT2D eigenvalue weighted by atomic mass is 28.3. The van der Waals surface area contributed by atoms with E-state index in [1.54, 1.807) is 10.4 Å². The number of rotatable bonds is 0. The molecule has 2 aromatic rings. The van der Waals surface area contributed by atoms with Crippen LogP contribution < -0.4 is 10.4 Å². The second-order valence-corrected chi connectivity index (χ2v) is 9.35. The zero-order valence-electron chi connectivity index (χ0n) is 9.46. The lowest BCUT2D eigenvalue weighted by Gasteiger charge is -2.23. The van der Waals surface area contributed by atoms with Crippen LogP contribution in [0.3, 0.4) is 0 Å². The Bertz CT molecular complexity index is 532. The highest BCUT2D eigenvalue weighted by molar-refractivity contribution is 7.03. The molecule has 0 N–H and O–H groups in total. The van der Waals surface area contributed by atoms with E-state index in [0.717, 1.165) is 0 Å². The van der Waals surface area contributed by atoms with Crippen molar-refractivity contribution in [3.05, 3.63) is 42.0 Å². The minimum atomic E-state index is -1.36. The number of hydrogen-bond acceptors (Lipinski definition) is 0. The first-order valence-corrected chi connectivity index (χ1v) is 8.48. The first-order chi connectivity index (χ1) is 7.10. The number of hydrogen-bond donors (Lipinski definition) is 0. The van der Waals surface area contributed by atoms with Gasteiger partial charge in [0, 0.05) is 0 Å². The molecule has 0 aliphatic carbocycles. The van der Waals surface area contributed by atoms with Gasteiger partial charge in [0.25, 0.3) is 0 Å². The summed E-state index contributed by atoms with van der Waals surface area (Å²) in [6.45, 7) is 7.10. The summed E-state index contributed by atoms with van der Waals surface area (Å²) in [6.07, 6.45) is 0. The fourth-order valence-electron chi connectivity index (χ4n) is 2.76. The summed E-state index contributed by atoms with van der Waals surface area (Å²) in [5, 5.41) is 3.23. The Morgan fingerprint density at radius 2 is 1.93 bits per heavy atom. The molecule has 0 atom stereocenters. The van der Waals surface area contributed by atoms with E-state index in [2.05, 4.69) is 56.4 Å². The molecule has 0 nitrogen and oxygen atoms in total. The number of aryl methyl sites for hydroxylation is 1. The summed E-state index contributed by atoms with van der Waals surface area (Å²) in [5.74, 6) is 0. The SMILES string of the molecule is Cc1ccc2c(c1)[Si](C)(C)c1ccc[c-]1-2. The van der Waals surface area contributed by atoms with Gasteiger partial charge in [-0.05, 0) is 6.92 Å². The van der Waals surface area contributed by atoms with Gasteiger partial charge in [-0.15, -0.1) is 28.1 Å². The van der Waals surface area contributed by atoms with Gasteiger partial charge in [0.15, 0.2) is 0 Å². The Kier molecular flexibility index (Phi) is 1.61. The standard InChI is InChI=1S/C14H15Si/c1-10-7-8-12-11-5-4-6-13(11)15(2,3)14(12)9-10/h4-9H,1-3H3/q-1. The van der Waals surface area contributed by atoms with Crippen LogP contribution in [0.25, 0.3) is 11.1 Å². The quantitative estimate of drug-likeness (QED) is 0.464. The minimum absolute atomic E-state index is 1.36. The molecule has 1 heteroatoms. The van der Waals surface area contributed by atoms with Crippen LogP contribution >= 0.6 is 0 Å². The summed E-state index contributed by atoms with van der Waals surface area (Å²) in [6, 6.07) is 13.7. The topological polar surface area (TPSA) is 0 Å². The van der Waals surface area contributed by atoms with Crippen LogP contribution in [0.4, 0.5) is 0 Å². The van der Waals surface area contributed by atoms with Crippen LogP contribution in [-0.2, 0) is 0 Å². The van der Waals surface area contributed by atoms with Gasteiger partial charge in [0.2, 0.25) is 0 Å². The maximum Gasteiger partial charge on any atom is 0.0577 e. The van der Waals surface area contributed by atoms with Gasteiger partial charge in [-0.3, -0.25) is 0 Å². The van der Waals surface area contributed by atoms with E-state index in [1.807, 2.05) is 0 Å². The van der Waals surface area contributed by atoms with Crippen LogP contribution in [-0.4, -0.2) is 8.07 Å². The maximum atomic E-state index is 2.46. The average molecular weight is 211 g/mol. The molecule has 0 saturated carbocycles. The second kappa shape index (κ2) is 2.67. The Balaban J connectivity index is 2.39. The minimum Gasteiger partial charge on any atom is -0.152 e. The summed E-state index contributed by atoms with van der Waals surface area (Å²) in [7, 11) is -1.36. The summed E-state index contributed by atoms with van der Waals surface area (Å²) in [5.41, 5.74) is 4.36. The van der Waals surface area contributed by atoms with E-state index >= 15 is 0 Å². The molecule has 0 saturated heterocycles. The molecular weight excluding hydrogens is 196 g/mol. The fraction of sp³-hybridized carbons (Fsp3) is 0.214. The third-order valence-electron chi connectivity index (χ3n) is 3.63. The number of fused-ring (bicyclic) bond motifs is 3. The molecule has 0 unspecified atom stereocenters. The lowest BCUT2D eigenvalue weighted by molar-refractivity contribution is 1.49. The highest BCUT2D eigenvalue weighted by Gasteiger charge is 2.31. The van der Waals surface area contributed by atoms with E-state index in [-0.39, 0.29) is 0 Å². The first-order valence-electron chi connectivity index (χ1n) is 5.48. The first kappa shape index (κ1) is 9.04. The normalized spacial score (nSPS) is 16.2. The Morgan fingerprint density at radius 1 is 1.13 bits per heavy atom. The lowest BCUT2D eigenvalue weighted by atomic mass is 10.1. The number of benzene rings is 1. The molecule has 1 heterocycles. The van der Waals surface area contributed by atoms with Crippen molar-refractivity contribution in [3.8, 4) is 11.1 Å². The maximum absolute atomic E-state index is 2.46. The van der Waals surface area contributed by atoms with Crippen molar-refractivity contribution >= 4 is 18.4 Å². The molecular formula is C14H15Si-. The zero-order valence-corrected chi connectivity index (χ0v) is 10.5. The smallest absolute Gasteiger partial charge is 0.0577 e. The van der Waals surface area contributed by atoms with Crippen LogP contribution in [0.15, 0.2) is 36.4 Å². The Labute approximate surface area is 91.9 Å². The van der Waals surface area contributed by atoms with Gasteiger partial charge in [0.1, 0.15) is 0 Å². The van der Waals surface area contributed by atoms with E-state index in [9.17, 15) is 0 Å². The van der Waals surface area contributed by atoms with Gasteiger partial charge in [0.05, 0.1) is 8.07 Å². The van der Waals surface area contributed by atoms with Crippen molar-refractivity contribution in [3.63, 3.8) is 0 Å². The Morgan fingerprint density at radius 3 is 2.73 bits per heavy atom. The predicted octanol–water partition coefficient (Wildman–Crippen LogP) is 2.52. The van der Waals surface area contributed by atoms with E-state index in [4.69, 9.17) is 0 Å². The summed E-state index contributed by atoms with van der Waals surface area (Å²) >= 11 is 0. The van der Waals surface area contributed by atoms with Crippen molar-refractivity contribution in [2.45, 2.75) is 20.0 Å². The van der Waals surface area contributed by atoms with Gasteiger partial charge in [-0.1, -0.05) is 36.4 Å². The molecule has 0 fully saturated rings. The molecule has 76 valence electrons. The molecule has 3 rings (SSSR count). The van der Waals surface area contributed by atoms with E-state index < -0.39 is 8.07 Å². The Hall–Kier alpha value is -1.21. The van der Waals surface area contributed by atoms with Crippen LogP contribution in [0, 0.1) is 6.92 Å². The lowest BCUT2D eigenvalue weighted by Crippen LogP contribution is -2.48. The molecule has 1 aliphatic heterocycles. The largest absolute Gasteiger partial charge is 0.152 e. The zero-order chi connectivity index (χ0) is 10.6. The highest BCUT2D eigenvalue weighted by Crippen LogP contribution is 2.28. The van der Waals surface area contributed by atoms with Crippen LogP contribution in [0.1, 0.15) is 5.56 Å². The van der Waals surface area contributed by atoms with Crippen molar-refractivity contribution in [1.29, 1.82) is 0 Å². The van der Waals surface area contributed by atoms with Gasteiger partial charge in [-0.25, -0.2) is 0 Å². The molecule has 0 bridgehead atoms. The van der Waals surface area contributed by atoms with Crippen molar-refractivity contribution in [2.75, 3.05) is 0 Å². The summed E-state index contributed by atoms with van der Waals surface area (Å²) < 4.78 is 0. The second-order valence-electron chi connectivity index (χ2n) is 5.03. The molecule has 0 radical (unpaired) electrons. The predicted molar refractivity (Wildman–Crippen MR) is 69.0 cm³/mol. The van der Waals surface area contributed by atoms with Gasteiger partial charge >= 0.3 is 0 Å². The van der Waals surface area contributed by atoms with Gasteiger partial charge in [-0.2, -0.15) is 12.1 Å². The van der Waals surface area contributed by atoms with Crippen molar-refractivity contribution in [2.24, 2.45) is 0 Å². The van der Waals surface area contributed by atoms with Gasteiger partial charge < -0.3 is 0 Å². The molecule has 0 amide bonds. The van der Waals surface area contributed by atoms with E-state index in [1.165, 1.54) is 16.7 Å². The van der Waals surface area contributed by atoms with Crippen LogP contribution in [0.5, 0.6) is 0 Å². The molecule has 15 heavy (non-hydrogen) atoms. The fourth-order valence-corrected chi connectivity index (χ4v) is 5.93. The molecule has 1 aliphatic rings. The third-order valence-corrected chi connectivity index (χ3v) is 7.17. The summed E-state index contributed by atoms with van der Waals surface area (Å²) in [4.78, 5) is 0. The molecule has 0 spiro atoms.